The van der Waals surface area contributed by atoms with Crippen molar-refractivity contribution in [1.82, 2.24) is 4.90 Å². The highest BCUT2D eigenvalue weighted by atomic mass is 16.6. The second kappa shape index (κ2) is 2.87. The number of hydrogen-bond donors (Lipinski definition) is 1. The minimum atomic E-state index is -0.182. The van der Waals surface area contributed by atoms with E-state index in [0.717, 1.165) is 25.9 Å². The molecule has 1 amide bonds. The summed E-state index contributed by atoms with van der Waals surface area (Å²) in [6.45, 7) is 3.89. The largest absolute Gasteiger partial charge is 0.450 e. The van der Waals surface area contributed by atoms with E-state index in [1.165, 1.54) is 0 Å². The fraction of sp³-hybridized carbons (Fsp3) is 0.889. The van der Waals surface area contributed by atoms with Crippen molar-refractivity contribution in [2.75, 3.05) is 19.7 Å². The highest BCUT2D eigenvalue weighted by Crippen LogP contribution is 2.51. The Morgan fingerprint density at radius 1 is 1.77 bits per heavy atom. The first kappa shape index (κ1) is 8.81. The fourth-order valence-corrected chi connectivity index (χ4v) is 2.11. The van der Waals surface area contributed by atoms with Gasteiger partial charge in [0.1, 0.15) is 0 Å². The zero-order chi connectivity index (χ0) is 9.47. The van der Waals surface area contributed by atoms with Crippen LogP contribution < -0.4 is 5.73 Å². The zero-order valence-electron chi connectivity index (χ0n) is 7.95. The molecule has 1 saturated heterocycles. The van der Waals surface area contributed by atoms with Crippen LogP contribution in [0.3, 0.4) is 0 Å². The van der Waals surface area contributed by atoms with Crippen LogP contribution in [0.15, 0.2) is 0 Å². The number of amides is 1. The number of ether oxygens (including phenoxy) is 1. The monoisotopic (exact) mass is 184 g/mol. The number of carbonyl (C=O) groups excluding carboxylic acids is 1. The van der Waals surface area contributed by atoms with Crippen LogP contribution in [0.4, 0.5) is 4.79 Å². The van der Waals surface area contributed by atoms with Gasteiger partial charge in [-0.3, -0.25) is 0 Å². The molecule has 2 rings (SSSR count). The summed E-state index contributed by atoms with van der Waals surface area (Å²) < 4.78 is 4.93. The molecule has 1 spiro atoms. The van der Waals surface area contributed by atoms with Gasteiger partial charge in [-0.15, -0.1) is 0 Å². The van der Waals surface area contributed by atoms with Crippen LogP contribution in [0, 0.1) is 5.41 Å². The van der Waals surface area contributed by atoms with Gasteiger partial charge in [-0.1, -0.05) is 0 Å². The summed E-state index contributed by atoms with van der Waals surface area (Å²) in [5.74, 6) is 0. The molecule has 4 nitrogen and oxygen atoms in total. The lowest BCUT2D eigenvalue weighted by Gasteiger charge is -2.15. The minimum absolute atomic E-state index is 0.182. The molecular weight excluding hydrogens is 168 g/mol. The van der Waals surface area contributed by atoms with Crippen LogP contribution in [0.25, 0.3) is 0 Å². The predicted octanol–water partition coefficient (Wildman–Crippen LogP) is 0.566. The second-order valence-electron chi connectivity index (χ2n) is 4.04. The Kier molecular flexibility index (Phi) is 1.95. The molecule has 2 N–H and O–H groups in total. The van der Waals surface area contributed by atoms with Gasteiger partial charge in [-0.05, 0) is 19.8 Å². The van der Waals surface area contributed by atoms with E-state index >= 15 is 0 Å². The molecule has 1 saturated carbocycles. The van der Waals surface area contributed by atoms with Crippen LogP contribution >= 0.6 is 0 Å². The smallest absolute Gasteiger partial charge is 0.409 e. The SMILES string of the molecule is CCOC(=O)N1CCC2(CC2N)C1. The third-order valence-corrected chi connectivity index (χ3v) is 3.16. The molecule has 2 fully saturated rings. The molecule has 13 heavy (non-hydrogen) atoms. The molecular formula is C9H16N2O2. The molecule has 0 radical (unpaired) electrons. The third kappa shape index (κ3) is 1.39. The highest BCUT2D eigenvalue weighted by Gasteiger charge is 2.56. The lowest BCUT2D eigenvalue weighted by Crippen LogP contribution is -2.30. The van der Waals surface area contributed by atoms with Crippen molar-refractivity contribution < 1.29 is 9.53 Å². The summed E-state index contributed by atoms with van der Waals surface area (Å²) in [4.78, 5) is 13.1. The van der Waals surface area contributed by atoms with E-state index < -0.39 is 0 Å². The van der Waals surface area contributed by atoms with Crippen molar-refractivity contribution in [1.29, 1.82) is 0 Å². The lowest BCUT2D eigenvalue weighted by atomic mass is 10.1. The molecule has 1 aliphatic heterocycles. The first-order valence-electron chi connectivity index (χ1n) is 4.85. The second-order valence-corrected chi connectivity index (χ2v) is 4.04. The van der Waals surface area contributed by atoms with Crippen LogP contribution in [-0.4, -0.2) is 36.7 Å². The van der Waals surface area contributed by atoms with E-state index in [4.69, 9.17) is 10.5 Å². The van der Waals surface area contributed by atoms with Crippen LogP contribution in [0.1, 0.15) is 19.8 Å². The Balaban J connectivity index is 1.88. The summed E-state index contributed by atoms with van der Waals surface area (Å²) in [5, 5.41) is 0. The average molecular weight is 184 g/mol. The van der Waals surface area contributed by atoms with Gasteiger partial charge >= 0.3 is 6.09 Å². The maximum absolute atomic E-state index is 11.3. The number of rotatable bonds is 1. The van der Waals surface area contributed by atoms with Gasteiger partial charge in [-0.25, -0.2) is 4.79 Å². The van der Waals surface area contributed by atoms with E-state index in [-0.39, 0.29) is 11.5 Å². The van der Waals surface area contributed by atoms with Crippen molar-refractivity contribution in [3.05, 3.63) is 0 Å². The Morgan fingerprint density at radius 3 is 2.92 bits per heavy atom. The molecule has 4 heteroatoms. The molecule has 74 valence electrons. The topological polar surface area (TPSA) is 55.6 Å². The molecule has 2 aliphatic rings. The van der Waals surface area contributed by atoms with E-state index in [2.05, 4.69) is 0 Å². The molecule has 2 atom stereocenters. The number of carbonyl (C=O) groups is 1. The fourth-order valence-electron chi connectivity index (χ4n) is 2.11. The van der Waals surface area contributed by atoms with Crippen molar-refractivity contribution in [3.8, 4) is 0 Å². The molecule has 0 aromatic heterocycles. The normalized spacial score (nSPS) is 36.8. The van der Waals surface area contributed by atoms with Gasteiger partial charge in [0.05, 0.1) is 6.61 Å². The standard InChI is InChI=1S/C9H16N2O2/c1-2-13-8(12)11-4-3-9(6-11)5-7(9)10/h7H,2-6,10H2,1H3. The Bertz CT molecular complexity index is 232. The average Bonchev–Trinajstić information content (AvgIpc) is 2.56. The van der Waals surface area contributed by atoms with Gasteiger partial charge in [0, 0.05) is 24.5 Å². The van der Waals surface area contributed by atoms with E-state index in [9.17, 15) is 4.79 Å². The van der Waals surface area contributed by atoms with Gasteiger partial charge < -0.3 is 15.4 Å². The number of likely N-dealkylation sites (tertiary alicyclic amines) is 1. The maximum atomic E-state index is 11.3. The first-order chi connectivity index (χ1) is 6.18. The molecule has 1 heterocycles. The quantitative estimate of drug-likeness (QED) is 0.648. The van der Waals surface area contributed by atoms with Crippen LogP contribution in [0.5, 0.6) is 0 Å². The van der Waals surface area contributed by atoms with Gasteiger partial charge in [-0.2, -0.15) is 0 Å². The van der Waals surface area contributed by atoms with E-state index in [0.29, 0.717) is 12.6 Å². The van der Waals surface area contributed by atoms with Gasteiger partial charge in [0.25, 0.3) is 0 Å². The summed E-state index contributed by atoms with van der Waals surface area (Å²) in [6, 6.07) is 0.312. The van der Waals surface area contributed by atoms with E-state index in [1.807, 2.05) is 6.92 Å². The van der Waals surface area contributed by atoms with Gasteiger partial charge in [0.2, 0.25) is 0 Å². The summed E-state index contributed by atoms with van der Waals surface area (Å²) >= 11 is 0. The molecule has 2 unspecified atom stereocenters. The molecule has 0 bridgehead atoms. The number of nitrogens with two attached hydrogens (primary N) is 1. The molecule has 0 aromatic rings. The first-order valence-corrected chi connectivity index (χ1v) is 4.85. The Morgan fingerprint density at radius 2 is 2.46 bits per heavy atom. The maximum Gasteiger partial charge on any atom is 0.409 e. The van der Waals surface area contributed by atoms with Crippen molar-refractivity contribution in [2.45, 2.75) is 25.8 Å². The van der Waals surface area contributed by atoms with Crippen LogP contribution in [-0.2, 0) is 4.74 Å². The number of nitrogens with zero attached hydrogens (tertiary/aromatic N) is 1. The van der Waals surface area contributed by atoms with Gasteiger partial charge in [0.15, 0.2) is 0 Å². The third-order valence-electron chi connectivity index (χ3n) is 3.16. The summed E-state index contributed by atoms with van der Waals surface area (Å²) in [7, 11) is 0. The van der Waals surface area contributed by atoms with Crippen molar-refractivity contribution in [2.24, 2.45) is 11.1 Å². The van der Waals surface area contributed by atoms with E-state index in [1.54, 1.807) is 4.90 Å². The summed E-state index contributed by atoms with van der Waals surface area (Å²) in [6.07, 6.45) is 1.94. The van der Waals surface area contributed by atoms with Crippen LogP contribution in [0.2, 0.25) is 0 Å². The summed E-state index contributed by atoms with van der Waals surface area (Å²) in [5.41, 5.74) is 6.08. The predicted molar refractivity (Wildman–Crippen MR) is 48.2 cm³/mol. The van der Waals surface area contributed by atoms with Crippen molar-refractivity contribution in [3.63, 3.8) is 0 Å². The molecule has 1 aliphatic carbocycles. The Labute approximate surface area is 78.0 Å². The molecule has 0 aromatic carbocycles. The lowest BCUT2D eigenvalue weighted by molar-refractivity contribution is 0.114. The van der Waals surface area contributed by atoms with Crippen molar-refractivity contribution >= 4 is 6.09 Å². The zero-order valence-corrected chi connectivity index (χ0v) is 7.95. The minimum Gasteiger partial charge on any atom is -0.450 e. The number of hydrogen-bond acceptors (Lipinski definition) is 3. The highest BCUT2D eigenvalue weighted by molar-refractivity contribution is 5.68. The Hall–Kier alpha value is -0.770.